The first-order valence-corrected chi connectivity index (χ1v) is 6.37. The van der Waals surface area contributed by atoms with Gasteiger partial charge in [0.15, 0.2) is 0 Å². The monoisotopic (exact) mass is 212 g/mol. The van der Waals surface area contributed by atoms with Gasteiger partial charge in [0.1, 0.15) is 0 Å². The molecule has 0 spiro atoms. The van der Waals surface area contributed by atoms with Crippen molar-refractivity contribution >= 4 is 0 Å². The predicted molar refractivity (Wildman–Crippen MR) is 61.6 cm³/mol. The summed E-state index contributed by atoms with van der Waals surface area (Å²) < 4.78 is 0. The van der Waals surface area contributed by atoms with Gasteiger partial charge in [0.25, 0.3) is 0 Å². The van der Waals surface area contributed by atoms with Crippen molar-refractivity contribution in [1.29, 1.82) is 0 Å². The van der Waals surface area contributed by atoms with Crippen molar-refractivity contribution in [3.05, 3.63) is 0 Å². The lowest BCUT2D eigenvalue weighted by atomic mass is 9.95. The van der Waals surface area contributed by atoms with Crippen molar-refractivity contribution in [2.45, 2.75) is 44.1 Å². The van der Waals surface area contributed by atoms with Gasteiger partial charge < -0.3 is 15.7 Å². The summed E-state index contributed by atoms with van der Waals surface area (Å²) in [5, 5.41) is 9.44. The Morgan fingerprint density at radius 2 is 1.73 bits per heavy atom. The van der Waals surface area contributed by atoms with Crippen molar-refractivity contribution in [3.8, 4) is 0 Å². The zero-order valence-electron chi connectivity index (χ0n) is 9.62. The number of aliphatic hydroxyl groups excluding tert-OH is 1. The number of nitrogens with zero attached hydrogens (tertiary/aromatic N) is 1. The quantitative estimate of drug-likeness (QED) is 0.730. The van der Waals surface area contributed by atoms with E-state index in [2.05, 4.69) is 4.90 Å². The third-order valence-corrected chi connectivity index (χ3v) is 3.90. The van der Waals surface area contributed by atoms with Crippen LogP contribution in [0.2, 0.25) is 0 Å². The van der Waals surface area contributed by atoms with Crippen LogP contribution >= 0.6 is 0 Å². The molecule has 2 aliphatic rings. The molecule has 1 atom stereocenters. The lowest BCUT2D eigenvalue weighted by Crippen LogP contribution is -2.55. The maximum absolute atomic E-state index is 9.44. The molecule has 88 valence electrons. The van der Waals surface area contributed by atoms with Gasteiger partial charge in [-0.1, -0.05) is 12.8 Å². The first-order valence-electron chi connectivity index (χ1n) is 6.37. The molecule has 1 unspecified atom stereocenters. The van der Waals surface area contributed by atoms with Crippen molar-refractivity contribution in [3.63, 3.8) is 0 Å². The van der Waals surface area contributed by atoms with Gasteiger partial charge in [-0.05, 0) is 44.7 Å². The van der Waals surface area contributed by atoms with E-state index in [4.69, 9.17) is 5.73 Å². The summed E-state index contributed by atoms with van der Waals surface area (Å²) in [5.41, 5.74) is 5.98. The standard InChI is InChI=1S/C12H24N2O/c13-12(10-15,11-5-6-11)9-14-7-3-1-2-4-8-14/h11,15H,1-10,13H2. The Balaban J connectivity index is 1.87. The van der Waals surface area contributed by atoms with E-state index in [0.29, 0.717) is 5.92 Å². The molecule has 3 N–H and O–H groups in total. The molecular weight excluding hydrogens is 188 g/mol. The van der Waals surface area contributed by atoms with Crippen LogP contribution in [0, 0.1) is 5.92 Å². The minimum absolute atomic E-state index is 0.147. The highest BCUT2D eigenvalue weighted by Gasteiger charge is 2.42. The molecule has 1 saturated carbocycles. The van der Waals surface area contributed by atoms with Gasteiger partial charge in [0, 0.05) is 6.54 Å². The fourth-order valence-corrected chi connectivity index (χ4v) is 2.68. The molecule has 1 aliphatic heterocycles. The molecule has 2 rings (SSSR count). The smallest absolute Gasteiger partial charge is 0.0626 e. The second-order valence-electron chi connectivity index (χ2n) is 5.36. The second-order valence-corrected chi connectivity index (χ2v) is 5.36. The van der Waals surface area contributed by atoms with E-state index in [-0.39, 0.29) is 12.1 Å². The highest BCUT2D eigenvalue weighted by atomic mass is 16.3. The second kappa shape index (κ2) is 4.81. The summed E-state index contributed by atoms with van der Waals surface area (Å²) in [6.45, 7) is 3.39. The van der Waals surface area contributed by atoms with Crippen LogP contribution in [0.5, 0.6) is 0 Å². The van der Waals surface area contributed by atoms with Gasteiger partial charge >= 0.3 is 0 Å². The molecule has 2 fully saturated rings. The molecule has 15 heavy (non-hydrogen) atoms. The largest absolute Gasteiger partial charge is 0.394 e. The van der Waals surface area contributed by atoms with Crippen LogP contribution in [0.3, 0.4) is 0 Å². The van der Waals surface area contributed by atoms with Crippen molar-refractivity contribution in [1.82, 2.24) is 4.90 Å². The highest BCUT2D eigenvalue weighted by Crippen LogP contribution is 2.38. The number of aliphatic hydroxyl groups is 1. The van der Waals surface area contributed by atoms with Gasteiger partial charge in [-0.3, -0.25) is 0 Å². The van der Waals surface area contributed by atoms with Gasteiger partial charge in [-0.2, -0.15) is 0 Å². The predicted octanol–water partition coefficient (Wildman–Crippen LogP) is 0.962. The number of likely N-dealkylation sites (tertiary alicyclic amines) is 1. The molecule has 3 nitrogen and oxygen atoms in total. The zero-order chi connectivity index (χ0) is 10.7. The Bertz CT molecular complexity index is 198. The van der Waals surface area contributed by atoms with E-state index >= 15 is 0 Å². The third-order valence-electron chi connectivity index (χ3n) is 3.90. The van der Waals surface area contributed by atoms with Crippen molar-refractivity contribution < 1.29 is 5.11 Å². The van der Waals surface area contributed by atoms with Crippen LogP contribution < -0.4 is 5.73 Å². The average Bonchev–Trinajstić information content (AvgIpc) is 3.05. The molecule has 1 saturated heterocycles. The Morgan fingerprint density at radius 3 is 2.20 bits per heavy atom. The van der Waals surface area contributed by atoms with Crippen LogP contribution in [-0.2, 0) is 0 Å². The lowest BCUT2D eigenvalue weighted by molar-refractivity contribution is 0.122. The van der Waals surface area contributed by atoms with Crippen LogP contribution in [0.15, 0.2) is 0 Å². The molecule has 1 heterocycles. The molecular formula is C12H24N2O. The molecule has 0 amide bonds. The molecule has 0 aromatic rings. The van der Waals surface area contributed by atoms with Crippen molar-refractivity contribution in [2.24, 2.45) is 11.7 Å². The minimum atomic E-state index is -0.315. The fourth-order valence-electron chi connectivity index (χ4n) is 2.68. The van der Waals surface area contributed by atoms with Crippen LogP contribution in [0.4, 0.5) is 0 Å². The molecule has 0 radical (unpaired) electrons. The molecule has 1 aliphatic carbocycles. The first-order chi connectivity index (χ1) is 7.24. The van der Waals surface area contributed by atoms with E-state index < -0.39 is 0 Å². The topological polar surface area (TPSA) is 49.5 Å². The van der Waals surface area contributed by atoms with E-state index in [1.54, 1.807) is 0 Å². The molecule has 3 heteroatoms. The summed E-state index contributed by atoms with van der Waals surface area (Å²) >= 11 is 0. The highest BCUT2D eigenvalue weighted by molar-refractivity contribution is 5.00. The molecule has 0 aromatic carbocycles. The number of rotatable bonds is 4. The van der Waals surface area contributed by atoms with Crippen LogP contribution in [0.1, 0.15) is 38.5 Å². The Morgan fingerprint density at radius 1 is 1.13 bits per heavy atom. The van der Waals surface area contributed by atoms with Gasteiger partial charge in [-0.15, -0.1) is 0 Å². The molecule has 0 aromatic heterocycles. The number of hydrogen-bond acceptors (Lipinski definition) is 3. The SMILES string of the molecule is NC(CO)(CN1CCCCCC1)C1CC1. The van der Waals surface area contributed by atoms with Gasteiger partial charge in [-0.25, -0.2) is 0 Å². The minimum Gasteiger partial charge on any atom is -0.394 e. The summed E-state index contributed by atoms with van der Waals surface area (Å²) in [4.78, 5) is 2.46. The van der Waals surface area contributed by atoms with Gasteiger partial charge in [0.05, 0.1) is 12.1 Å². The normalized spacial score (nSPS) is 28.4. The summed E-state index contributed by atoms with van der Waals surface area (Å²) in [5.74, 6) is 0.575. The maximum Gasteiger partial charge on any atom is 0.0626 e. The molecule has 0 bridgehead atoms. The van der Waals surface area contributed by atoms with E-state index in [9.17, 15) is 5.11 Å². The third kappa shape index (κ3) is 2.92. The van der Waals surface area contributed by atoms with Crippen LogP contribution in [-0.4, -0.2) is 41.8 Å². The van der Waals surface area contributed by atoms with E-state index in [1.807, 2.05) is 0 Å². The van der Waals surface area contributed by atoms with Crippen molar-refractivity contribution in [2.75, 3.05) is 26.2 Å². The number of nitrogens with two attached hydrogens (primary N) is 1. The first kappa shape index (κ1) is 11.4. The fraction of sp³-hybridized carbons (Fsp3) is 1.00. The zero-order valence-corrected chi connectivity index (χ0v) is 9.62. The van der Waals surface area contributed by atoms with E-state index in [0.717, 1.165) is 6.54 Å². The summed E-state index contributed by atoms with van der Waals surface area (Å²) in [6, 6.07) is 0. The van der Waals surface area contributed by atoms with Gasteiger partial charge in [0.2, 0.25) is 0 Å². The van der Waals surface area contributed by atoms with E-state index in [1.165, 1.54) is 51.6 Å². The maximum atomic E-state index is 9.44. The summed E-state index contributed by atoms with van der Waals surface area (Å²) in [6.07, 6.45) is 7.74. The average molecular weight is 212 g/mol. The Labute approximate surface area is 92.6 Å². The summed E-state index contributed by atoms with van der Waals surface area (Å²) in [7, 11) is 0. The van der Waals surface area contributed by atoms with Crippen LogP contribution in [0.25, 0.3) is 0 Å². The Hall–Kier alpha value is -0.120. The Kier molecular flexibility index (Phi) is 3.65. The lowest BCUT2D eigenvalue weighted by Gasteiger charge is -2.33. The number of hydrogen-bond donors (Lipinski definition) is 2.